The predicted octanol–water partition coefficient (Wildman–Crippen LogP) is -0.156. The van der Waals surface area contributed by atoms with Gasteiger partial charge >= 0.3 is 0 Å². The van der Waals surface area contributed by atoms with Gasteiger partial charge in [0.05, 0.1) is 5.75 Å². The van der Waals surface area contributed by atoms with Crippen LogP contribution in [0, 0.1) is 0 Å². The quantitative estimate of drug-likeness (QED) is 0.448. The lowest BCUT2D eigenvalue weighted by Crippen LogP contribution is -2.33. The highest BCUT2D eigenvalue weighted by atomic mass is 32.2. The SMILES string of the molecule is C=CCS(=O)(=O)NCCNC1CC1. The van der Waals surface area contributed by atoms with Gasteiger partial charge in [-0.05, 0) is 12.8 Å². The van der Waals surface area contributed by atoms with Crippen LogP contribution < -0.4 is 10.0 Å². The van der Waals surface area contributed by atoms with Crippen LogP contribution in [-0.2, 0) is 10.0 Å². The maximum Gasteiger partial charge on any atom is 0.215 e. The lowest BCUT2D eigenvalue weighted by atomic mass is 10.6. The summed E-state index contributed by atoms with van der Waals surface area (Å²) in [6, 6.07) is 0.629. The van der Waals surface area contributed by atoms with Gasteiger partial charge in [0.15, 0.2) is 0 Å². The fraction of sp³-hybridized carbons (Fsp3) is 0.750. The molecule has 0 atom stereocenters. The fourth-order valence-electron chi connectivity index (χ4n) is 0.984. The van der Waals surface area contributed by atoms with E-state index in [0.717, 1.165) is 0 Å². The van der Waals surface area contributed by atoms with E-state index in [1.807, 2.05) is 0 Å². The van der Waals surface area contributed by atoms with Crippen molar-refractivity contribution < 1.29 is 8.42 Å². The molecule has 0 radical (unpaired) electrons. The third kappa shape index (κ3) is 5.02. The van der Waals surface area contributed by atoms with E-state index in [0.29, 0.717) is 19.1 Å². The van der Waals surface area contributed by atoms with E-state index in [9.17, 15) is 8.42 Å². The van der Waals surface area contributed by atoms with E-state index in [1.54, 1.807) is 0 Å². The molecule has 0 aromatic rings. The van der Waals surface area contributed by atoms with Crippen LogP contribution in [0.15, 0.2) is 12.7 Å². The van der Waals surface area contributed by atoms with Gasteiger partial charge in [-0.15, -0.1) is 6.58 Å². The zero-order valence-electron chi connectivity index (χ0n) is 7.62. The zero-order chi connectivity index (χ0) is 9.73. The molecule has 0 aromatic carbocycles. The molecule has 0 unspecified atom stereocenters. The molecule has 0 spiro atoms. The molecule has 1 aliphatic carbocycles. The third-order valence-corrected chi connectivity index (χ3v) is 3.11. The Hall–Kier alpha value is -0.390. The van der Waals surface area contributed by atoms with Crippen LogP contribution in [0.3, 0.4) is 0 Å². The molecular weight excluding hydrogens is 188 g/mol. The molecule has 4 nitrogen and oxygen atoms in total. The number of rotatable bonds is 7. The Morgan fingerprint density at radius 2 is 2.08 bits per heavy atom. The summed E-state index contributed by atoms with van der Waals surface area (Å²) < 4.78 is 24.6. The standard InChI is InChI=1S/C8H16N2O2S/c1-2-7-13(11,12)10-6-5-9-8-3-4-8/h2,8-10H,1,3-7H2. The van der Waals surface area contributed by atoms with Crippen molar-refractivity contribution in [1.82, 2.24) is 10.0 Å². The second kappa shape index (κ2) is 4.74. The van der Waals surface area contributed by atoms with Crippen molar-refractivity contribution in [3.8, 4) is 0 Å². The maximum absolute atomic E-state index is 11.1. The summed E-state index contributed by atoms with van der Waals surface area (Å²) in [5.41, 5.74) is 0. The molecule has 0 aromatic heterocycles. The maximum atomic E-state index is 11.1. The average Bonchev–Trinajstić information content (AvgIpc) is 2.81. The van der Waals surface area contributed by atoms with Crippen LogP contribution in [0.1, 0.15) is 12.8 Å². The lowest BCUT2D eigenvalue weighted by Gasteiger charge is -2.04. The number of sulfonamides is 1. The lowest BCUT2D eigenvalue weighted by molar-refractivity contribution is 0.578. The normalized spacial score (nSPS) is 17.2. The molecule has 0 bridgehead atoms. The second-order valence-electron chi connectivity index (χ2n) is 3.19. The Morgan fingerprint density at radius 1 is 1.38 bits per heavy atom. The highest BCUT2D eigenvalue weighted by Crippen LogP contribution is 2.17. The van der Waals surface area contributed by atoms with Crippen molar-refractivity contribution in [2.45, 2.75) is 18.9 Å². The minimum absolute atomic E-state index is 0.00354. The minimum Gasteiger partial charge on any atom is -0.313 e. The van der Waals surface area contributed by atoms with Gasteiger partial charge in [0.1, 0.15) is 0 Å². The van der Waals surface area contributed by atoms with Gasteiger partial charge < -0.3 is 5.32 Å². The van der Waals surface area contributed by atoms with Crippen molar-refractivity contribution >= 4 is 10.0 Å². The smallest absolute Gasteiger partial charge is 0.215 e. The number of hydrogen-bond donors (Lipinski definition) is 2. The molecule has 13 heavy (non-hydrogen) atoms. The summed E-state index contributed by atoms with van der Waals surface area (Å²) in [6.45, 7) is 4.55. The molecule has 1 saturated carbocycles. The summed E-state index contributed by atoms with van der Waals surface area (Å²) in [5.74, 6) is -0.00354. The van der Waals surface area contributed by atoms with E-state index >= 15 is 0 Å². The molecular formula is C8H16N2O2S. The van der Waals surface area contributed by atoms with Crippen molar-refractivity contribution in [3.63, 3.8) is 0 Å². The molecule has 0 amide bonds. The zero-order valence-corrected chi connectivity index (χ0v) is 8.44. The Bertz CT molecular complexity index is 257. The first kappa shape index (κ1) is 10.7. The first-order valence-corrected chi connectivity index (χ1v) is 6.11. The highest BCUT2D eigenvalue weighted by Gasteiger charge is 2.19. The Morgan fingerprint density at radius 3 is 2.62 bits per heavy atom. The Balaban J connectivity index is 2.05. The van der Waals surface area contributed by atoms with E-state index in [-0.39, 0.29) is 5.75 Å². The third-order valence-electron chi connectivity index (χ3n) is 1.79. The fourth-order valence-corrected chi connectivity index (χ4v) is 1.83. The first-order valence-electron chi connectivity index (χ1n) is 4.45. The predicted molar refractivity (Wildman–Crippen MR) is 53.0 cm³/mol. The van der Waals surface area contributed by atoms with Gasteiger partial charge in [-0.2, -0.15) is 0 Å². The molecule has 2 N–H and O–H groups in total. The summed E-state index contributed by atoms with van der Waals surface area (Å²) >= 11 is 0. The molecule has 5 heteroatoms. The van der Waals surface area contributed by atoms with E-state index < -0.39 is 10.0 Å². The molecule has 1 rings (SSSR count). The van der Waals surface area contributed by atoms with Crippen LogP contribution >= 0.6 is 0 Å². The monoisotopic (exact) mass is 204 g/mol. The van der Waals surface area contributed by atoms with Gasteiger partial charge in [0.2, 0.25) is 10.0 Å². The minimum atomic E-state index is -3.12. The summed E-state index contributed by atoms with van der Waals surface area (Å²) in [6.07, 6.45) is 3.83. The Kier molecular flexibility index (Phi) is 3.90. The number of nitrogens with one attached hydrogen (secondary N) is 2. The van der Waals surface area contributed by atoms with Gasteiger partial charge in [-0.3, -0.25) is 0 Å². The van der Waals surface area contributed by atoms with Crippen LogP contribution in [-0.4, -0.2) is 33.3 Å². The second-order valence-corrected chi connectivity index (χ2v) is 5.04. The largest absolute Gasteiger partial charge is 0.313 e. The van der Waals surface area contributed by atoms with Crippen LogP contribution in [0.25, 0.3) is 0 Å². The summed E-state index contributed by atoms with van der Waals surface area (Å²) in [7, 11) is -3.12. The van der Waals surface area contributed by atoms with Crippen molar-refractivity contribution in [2.24, 2.45) is 0 Å². The van der Waals surface area contributed by atoms with Crippen molar-refractivity contribution in [1.29, 1.82) is 0 Å². The molecule has 0 saturated heterocycles. The van der Waals surface area contributed by atoms with Crippen LogP contribution in [0.5, 0.6) is 0 Å². The van der Waals surface area contributed by atoms with E-state index in [1.165, 1.54) is 18.9 Å². The molecule has 0 heterocycles. The molecule has 1 fully saturated rings. The average molecular weight is 204 g/mol. The highest BCUT2D eigenvalue weighted by molar-refractivity contribution is 7.89. The molecule has 1 aliphatic rings. The molecule has 0 aliphatic heterocycles. The van der Waals surface area contributed by atoms with Gasteiger partial charge in [0.25, 0.3) is 0 Å². The first-order chi connectivity index (χ1) is 6.14. The van der Waals surface area contributed by atoms with E-state index in [4.69, 9.17) is 0 Å². The summed E-state index contributed by atoms with van der Waals surface area (Å²) in [5, 5.41) is 3.22. The van der Waals surface area contributed by atoms with Crippen LogP contribution in [0.2, 0.25) is 0 Å². The van der Waals surface area contributed by atoms with Crippen molar-refractivity contribution in [3.05, 3.63) is 12.7 Å². The summed E-state index contributed by atoms with van der Waals surface area (Å²) in [4.78, 5) is 0. The van der Waals surface area contributed by atoms with E-state index in [2.05, 4.69) is 16.6 Å². The van der Waals surface area contributed by atoms with Gasteiger partial charge in [-0.1, -0.05) is 6.08 Å². The topological polar surface area (TPSA) is 58.2 Å². The van der Waals surface area contributed by atoms with Crippen molar-refractivity contribution in [2.75, 3.05) is 18.8 Å². The number of hydrogen-bond acceptors (Lipinski definition) is 3. The van der Waals surface area contributed by atoms with Gasteiger partial charge in [0, 0.05) is 19.1 Å². The van der Waals surface area contributed by atoms with Crippen LogP contribution in [0.4, 0.5) is 0 Å². The van der Waals surface area contributed by atoms with Gasteiger partial charge in [-0.25, -0.2) is 13.1 Å². The molecule has 76 valence electrons. The Labute approximate surface area is 79.5 Å².